The van der Waals surface area contributed by atoms with Crippen molar-refractivity contribution in [2.24, 2.45) is 5.73 Å². The van der Waals surface area contributed by atoms with Gasteiger partial charge in [-0.05, 0) is 31.4 Å². The number of rotatable bonds is 5. The Hall–Kier alpha value is -1.00. The second-order valence-electron chi connectivity index (χ2n) is 3.98. The zero-order valence-corrected chi connectivity index (χ0v) is 9.24. The molecule has 0 saturated carbocycles. The molecular formula is C12H17F2NO. The lowest BCUT2D eigenvalue weighted by Crippen LogP contribution is -2.17. The summed E-state index contributed by atoms with van der Waals surface area (Å²) in [6.07, 6.45) is -2.34. The first-order chi connectivity index (χ1) is 7.54. The van der Waals surface area contributed by atoms with Gasteiger partial charge in [0, 0.05) is 5.56 Å². The van der Waals surface area contributed by atoms with Gasteiger partial charge in [0.2, 0.25) is 0 Å². The summed E-state index contributed by atoms with van der Waals surface area (Å²) in [5.41, 5.74) is 6.50. The molecule has 0 saturated heterocycles. The number of aliphatic hydroxyl groups is 1. The van der Waals surface area contributed by atoms with E-state index in [1.54, 1.807) is 19.1 Å². The smallest absolute Gasteiger partial charge is 0.263 e. The Balaban J connectivity index is 2.78. The standard InChI is InChI=1S/C12H17F2NO/c1-8(16)6-11(7-15)9-2-4-10(5-3-9)12(13)14/h2-5,8,11-12,16H,6-7,15H2,1H3. The summed E-state index contributed by atoms with van der Waals surface area (Å²) in [5, 5.41) is 9.28. The van der Waals surface area contributed by atoms with Gasteiger partial charge in [-0.2, -0.15) is 0 Å². The van der Waals surface area contributed by atoms with Crippen molar-refractivity contribution in [1.82, 2.24) is 0 Å². The second kappa shape index (κ2) is 5.92. The molecule has 0 bridgehead atoms. The minimum Gasteiger partial charge on any atom is -0.393 e. The third kappa shape index (κ3) is 3.54. The molecule has 0 aliphatic carbocycles. The van der Waals surface area contributed by atoms with Crippen LogP contribution in [0, 0.1) is 0 Å². The van der Waals surface area contributed by atoms with E-state index in [-0.39, 0.29) is 11.5 Å². The molecule has 0 aliphatic rings. The van der Waals surface area contributed by atoms with Gasteiger partial charge in [0.25, 0.3) is 6.43 Å². The molecule has 3 N–H and O–H groups in total. The summed E-state index contributed by atoms with van der Waals surface area (Å²) in [4.78, 5) is 0. The Bertz CT molecular complexity index is 311. The molecule has 90 valence electrons. The number of nitrogens with two attached hydrogens (primary N) is 1. The van der Waals surface area contributed by atoms with Crippen molar-refractivity contribution in [2.45, 2.75) is 31.8 Å². The van der Waals surface area contributed by atoms with E-state index in [1.807, 2.05) is 0 Å². The van der Waals surface area contributed by atoms with Gasteiger partial charge < -0.3 is 10.8 Å². The maximum absolute atomic E-state index is 12.3. The topological polar surface area (TPSA) is 46.2 Å². The first-order valence-corrected chi connectivity index (χ1v) is 5.30. The summed E-state index contributed by atoms with van der Waals surface area (Å²) < 4.78 is 24.7. The fourth-order valence-corrected chi connectivity index (χ4v) is 1.69. The molecule has 16 heavy (non-hydrogen) atoms. The molecule has 0 heterocycles. The Kier molecular flexibility index (Phi) is 4.83. The predicted molar refractivity (Wildman–Crippen MR) is 59.5 cm³/mol. The number of benzene rings is 1. The molecule has 2 unspecified atom stereocenters. The van der Waals surface area contributed by atoms with Gasteiger partial charge in [0.05, 0.1) is 6.10 Å². The molecule has 0 amide bonds. The van der Waals surface area contributed by atoms with Crippen molar-refractivity contribution in [2.75, 3.05) is 6.54 Å². The number of halogens is 2. The van der Waals surface area contributed by atoms with Crippen LogP contribution in [0.25, 0.3) is 0 Å². The predicted octanol–water partition coefficient (Wildman–Crippen LogP) is 2.44. The molecule has 0 radical (unpaired) electrons. The van der Waals surface area contributed by atoms with Crippen LogP contribution in [0.4, 0.5) is 8.78 Å². The molecule has 1 aromatic carbocycles. The highest BCUT2D eigenvalue weighted by Crippen LogP contribution is 2.24. The van der Waals surface area contributed by atoms with Crippen LogP contribution < -0.4 is 5.73 Å². The molecule has 2 nitrogen and oxygen atoms in total. The normalized spacial score (nSPS) is 15.1. The number of hydrogen-bond acceptors (Lipinski definition) is 2. The van der Waals surface area contributed by atoms with Gasteiger partial charge in [-0.15, -0.1) is 0 Å². The van der Waals surface area contributed by atoms with Gasteiger partial charge >= 0.3 is 0 Å². The van der Waals surface area contributed by atoms with Gasteiger partial charge in [0.1, 0.15) is 0 Å². The highest BCUT2D eigenvalue weighted by Gasteiger charge is 2.13. The maximum Gasteiger partial charge on any atom is 0.263 e. The van der Waals surface area contributed by atoms with Crippen LogP contribution in [0.2, 0.25) is 0 Å². The molecule has 2 atom stereocenters. The molecule has 4 heteroatoms. The van der Waals surface area contributed by atoms with Crippen LogP contribution in [-0.2, 0) is 0 Å². The van der Waals surface area contributed by atoms with Crippen LogP contribution in [0.15, 0.2) is 24.3 Å². The average molecular weight is 229 g/mol. The number of alkyl halides is 2. The second-order valence-corrected chi connectivity index (χ2v) is 3.98. The van der Waals surface area contributed by atoms with E-state index >= 15 is 0 Å². The van der Waals surface area contributed by atoms with Crippen LogP contribution >= 0.6 is 0 Å². The summed E-state index contributed by atoms with van der Waals surface area (Å²) in [6, 6.07) is 6.12. The highest BCUT2D eigenvalue weighted by atomic mass is 19.3. The Morgan fingerprint density at radius 1 is 1.19 bits per heavy atom. The lowest BCUT2D eigenvalue weighted by molar-refractivity contribution is 0.151. The highest BCUT2D eigenvalue weighted by molar-refractivity contribution is 5.26. The fraction of sp³-hybridized carbons (Fsp3) is 0.500. The Morgan fingerprint density at radius 3 is 2.06 bits per heavy atom. The fourth-order valence-electron chi connectivity index (χ4n) is 1.69. The van der Waals surface area contributed by atoms with Crippen LogP contribution in [0.3, 0.4) is 0 Å². The average Bonchev–Trinajstić information content (AvgIpc) is 2.25. The quantitative estimate of drug-likeness (QED) is 0.814. The minimum atomic E-state index is -2.44. The van der Waals surface area contributed by atoms with E-state index in [1.165, 1.54) is 12.1 Å². The van der Waals surface area contributed by atoms with Crippen molar-refractivity contribution >= 4 is 0 Å². The SMILES string of the molecule is CC(O)CC(CN)c1ccc(C(F)F)cc1. The van der Waals surface area contributed by atoms with Gasteiger partial charge in [-0.1, -0.05) is 24.3 Å². The summed E-state index contributed by atoms with van der Waals surface area (Å²) in [7, 11) is 0. The molecule has 1 aromatic rings. The van der Waals surface area contributed by atoms with E-state index in [9.17, 15) is 13.9 Å². The molecule has 1 rings (SSSR count). The van der Waals surface area contributed by atoms with Crippen molar-refractivity contribution in [1.29, 1.82) is 0 Å². The van der Waals surface area contributed by atoms with Crippen molar-refractivity contribution in [3.8, 4) is 0 Å². The Morgan fingerprint density at radius 2 is 1.69 bits per heavy atom. The summed E-state index contributed by atoms with van der Waals surface area (Å²) >= 11 is 0. The number of hydrogen-bond donors (Lipinski definition) is 2. The first-order valence-electron chi connectivity index (χ1n) is 5.30. The first kappa shape index (κ1) is 13.1. The van der Waals surface area contributed by atoms with E-state index in [4.69, 9.17) is 5.73 Å². The van der Waals surface area contributed by atoms with Crippen LogP contribution in [0.1, 0.15) is 36.8 Å². The van der Waals surface area contributed by atoms with Crippen molar-refractivity contribution < 1.29 is 13.9 Å². The van der Waals surface area contributed by atoms with Crippen molar-refractivity contribution in [3.05, 3.63) is 35.4 Å². The number of aliphatic hydroxyl groups excluding tert-OH is 1. The molecule has 0 aliphatic heterocycles. The minimum absolute atomic E-state index is 0.0107. The summed E-state index contributed by atoms with van der Waals surface area (Å²) in [5.74, 6) is 0.0201. The van der Waals surface area contributed by atoms with E-state index in [2.05, 4.69) is 0 Å². The van der Waals surface area contributed by atoms with E-state index in [0.29, 0.717) is 13.0 Å². The monoisotopic (exact) mass is 229 g/mol. The van der Waals surface area contributed by atoms with Crippen LogP contribution in [0.5, 0.6) is 0 Å². The maximum atomic E-state index is 12.3. The van der Waals surface area contributed by atoms with Crippen LogP contribution in [-0.4, -0.2) is 17.8 Å². The molecule has 0 spiro atoms. The van der Waals surface area contributed by atoms with Gasteiger partial charge in [0.15, 0.2) is 0 Å². The lowest BCUT2D eigenvalue weighted by atomic mass is 9.93. The summed E-state index contributed by atoms with van der Waals surface area (Å²) in [6.45, 7) is 2.09. The zero-order chi connectivity index (χ0) is 12.1. The van der Waals surface area contributed by atoms with Gasteiger partial charge in [-0.3, -0.25) is 0 Å². The van der Waals surface area contributed by atoms with E-state index < -0.39 is 12.5 Å². The zero-order valence-electron chi connectivity index (χ0n) is 9.24. The third-order valence-corrected chi connectivity index (χ3v) is 2.57. The lowest BCUT2D eigenvalue weighted by Gasteiger charge is -2.17. The third-order valence-electron chi connectivity index (χ3n) is 2.57. The van der Waals surface area contributed by atoms with Crippen molar-refractivity contribution in [3.63, 3.8) is 0 Å². The van der Waals surface area contributed by atoms with E-state index in [0.717, 1.165) is 5.56 Å². The largest absolute Gasteiger partial charge is 0.393 e. The molecular weight excluding hydrogens is 212 g/mol. The molecule has 0 fully saturated rings. The Labute approximate surface area is 94.1 Å². The molecule has 0 aromatic heterocycles. The van der Waals surface area contributed by atoms with Gasteiger partial charge in [-0.25, -0.2) is 8.78 Å².